The molecule has 3 saturated heterocycles. The van der Waals surface area contributed by atoms with Gasteiger partial charge in [0.15, 0.2) is 0 Å². The summed E-state index contributed by atoms with van der Waals surface area (Å²) in [5.74, 6) is 1.75. The maximum absolute atomic E-state index is 3.69. The van der Waals surface area contributed by atoms with Crippen LogP contribution in [-0.4, -0.2) is 61.2 Å². The van der Waals surface area contributed by atoms with Crippen LogP contribution in [0.5, 0.6) is 0 Å². The molecule has 3 rings (SSSR count). The largest absolute Gasteiger partial charge is 0.313 e. The van der Waals surface area contributed by atoms with Crippen LogP contribution in [-0.2, 0) is 0 Å². The van der Waals surface area contributed by atoms with E-state index in [0.717, 1.165) is 23.9 Å². The molecule has 0 amide bonds. The third-order valence-corrected chi connectivity index (χ3v) is 5.28. The molecule has 0 aliphatic carbocycles. The molecule has 1 N–H and O–H groups in total. The maximum atomic E-state index is 3.69. The summed E-state index contributed by atoms with van der Waals surface area (Å²) in [7, 11) is 0. The molecule has 0 radical (unpaired) electrons. The maximum Gasteiger partial charge on any atom is 0.0195 e. The zero-order valence-electron chi connectivity index (χ0n) is 12.8. The van der Waals surface area contributed by atoms with Crippen LogP contribution < -0.4 is 5.32 Å². The van der Waals surface area contributed by atoms with E-state index in [1.165, 1.54) is 65.0 Å². The number of nitrogens with zero attached hydrogens (tertiary/aromatic N) is 2. The smallest absolute Gasteiger partial charge is 0.0195 e. The Labute approximate surface area is 118 Å². The van der Waals surface area contributed by atoms with Gasteiger partial charge in [0.2, 0.25) is 0 Å². The van der Waals surface area contributed by atoms with Crippen molar-refractivity contribution in [3.05, 3.63) is 0 Å². The molecule has 110 valence electrons. The van der Waals surface area contributed by atoms with Crippen molar-refractivity contribution < 1.29 is 0 Å². The zero-order valence-corrected chi connectivity index (χ0v) is 12.8. The fraction of sp³-hybridized carbons (Fsp3) is 1.00. The summed E-state index contributed by atoms with van der Waals surface area (Å²) in [4.78, 5) is 5.52. The van der Waals surface area contributed by atoms with Crippen LogP contribution >= 0.6 is 0 Å². The lowest BCUT2D eigenvalue weighted by Gasteiger charge is -2.41. The minimum absolute atomic E-state index is 0.762. The Morgan fingerprint density at radius 3 is 2.79 bits per heavy atom. The second-order valence-electron chi connectivity index (χ2n) is 7.35. The average Bonchev–Trinajstić information content (AvgIpc) is 2.99. The van der Waals surface area contributed by atoms with Crippen molar-refractivity contribution in [2.45, 2.75) is 51.6 Å². The Morgan fingerprint density at radius 2 is 2.05 bits per heavy atom. The van der Waals surface area contributed by atoms with E-state index in [0.29, 0.717) is 0 Å². The van der Waals surface area contributed by atoms with Gasteiger partial charge >= 0.3 is 0 Å². The van der Waals surface area contributed by atoms with Gasteiger partial charge in [-0.3, -0.25) is 4.90 Å². The topological polar surface area (TPSA) is 18.5 Å². The van der Waals surface area contributed by atoms with Crippen molar-refractivity contribution in [1.29, 1.82) is 0 Å². The summed E-state index contributed by atoms with van der Waals surface area (Å²) < 4.78 is 0. The fourth-order valence-corrected chi connectivity index (χ4v) is 4.42. The van der Waals surface area contributed by atoms with Gasteiger partial charge in [0.1, 0.15) is 0 Å². The molecule has 0 spiro atoms. The van der Waals surface area contributed by atoms with E-state index in [9.17, 15) is 0 Å². The van der Waals surface area contributed by atoms with Crippen molar-refractivity contribution >= 4 is 0 Å². The fourth-order valence-electron chi connectivity index (χ4n) is 4.42. The second kappa shape index (κ2) is 6.11. The highest BCUT2D eigenvalue weighted by Crippen LogP contribution is 2.31. The van der Waals surface area contributed by atoms with E-state index in [1.807, 2.05) is 0 Å². The normalized spacial score (nSPS) is 38.5. The zero-order chi connectivity index (χ0) is 13.2. The van der Waals surface area contributed by atoms with Gasteiger partial charge in [-0.1, -0.05) is 13.8 Å². The minimum Gasteiger partial charge on any atom is -0.313 e. The first-order chi connectivity index (χ1) is 9.22. The van der Waals surface area contributed by atoms with Gasteiger partial charge in [0, 0.05) is 31.7 Å². The summed E-state index contributed by atoms with van der Waals surface area (Å²) in [6, 6.07) is 1.63. The van der Waals surface area contributed by atoms with Gasteiger partial charge in [0.05, 0.1) is 0 Å². The molecular formula is C16H31N3. The van der Waals surface area contributed by atoms with E-state index < -0.39 is 0 Å². The Kier molecular flexibility index (Phi) is 4.45. The molecule has 3 aliphatic heterocycles. The molecule has 0 aromatic carbocycles. The van der Waals surface area contributed by atoms with Gasteiger partial charge in [-0.25, -0.2) is 0 Å². The standard InChI is InChI=1S/C16H31N3/c1-13(2)10-19(12-15-4-3-7-17-15)16-6-9-18-8-5-14(16)11-18/h13-17H,3-12H2,1-2H3. The van der Waals surface area contributed by atoms with E-state index in [2.05, 4.69) is 29.0 Å². The number of hydrogen-bond acceptors (Lipinski definition) is 3. The molecule has 4 unspecified atom stereocenters. The van der Waals surface area contributed by atoms with Crippen molar-refractivity contribution in [3.63, 3.8) is 0 Å². The predicted molar refractivity (Wildman–Crippen MR) is 80.4 cm³/mol. The highest BCUT2D eigenvalue weighted by Gasteiger charge is 2.38. The lowest BCUT2D eigenvalue weighted by Crippen LogP contribution is -2.51. The first-order valence-electron chi connectivity index (χ1n) is 8.42. The summed E-state index contributed by atoms with van der Waals surface area (Å²) in [5, 5.41) is 3.69. The molecule has 0 aromatic heterocycles. The van der Waals surface area contributed by atoms with Gasteiger partial charge in [-0.15, -0.1) is 0 Å². The van der Waals surface area contributed by atoms with Gasteiger partial charge in [-0.05, 0) is 57.2 Å². The number of rotatable bonds is 5. The molecule has 4 atom stereocenters. The van der Waals surface area contributed by atoms with Crippen molar-refractivity contribution in [2.24, 2.45) is 11.8 Å². The van der Waals surface area contributed by atoms with Crippen molar-refractivity contribution in [2.75, 3.05) is 39.3 Å². The van der Waals surface area contributed by atoms with Gasteiger partial charge in [0.25, 0.3) is 0 Å². The van der Waals surface area contributed by atoms with Crippen LogP contribution in [0.2, 0.25) is 0 Å². The third-order valence-electron chi connectivity index (χ3n) is 5.28. The molecule has 3 fully saturated rings. The summed E-state index contributed by atoms with van der Waals surface area (Å²) in [6.45, 7) is 12.6. The first kappa shape index (κ1) is 13.8. The van der Waals surface area contributed by atoms with Crippen LogP contribution in [0, 0.1) is 11.8 Å². The SMILES string of the molecule is CC(C)CN(CC1CCCN1)C1CCN2CCC1C2. The number of hydrogen-bond donors (Lipinski definition) is 1. The molecule has 3 heterocycles. The van der Waals surface area contributed by atoms with E-state index in [1.54, 1.807) is 0 Å². The summed E-state index contributed by atoms with van der Waals surface area (Å²) in [6.07, 6.45) is 5.61. The van der Waals surface area contributed by atoms with E-state index in [-0.39, 0.29) is 0 Å². The van der Waals surface area contributed by atoms with E-state index in [4.69, 9.17) is 0 Å². The van der Waals surface area contributed by atoms with Crippen LogP contribution in [0.25, 0.3) is 0 Å². The highest BCUT2D eigenvalue weighted by atomic mass is 15.2. The highest BCUT2D eigenvalue weighted by molar-refractivity contribution is 4.93. The average molecular weight is 265 g/mol. The minimum atomic E-state index is 0.762. The van der Waals surface area contributed by atoms with Crippen molar-refractivity contribution in [3.8, 4) is 0 Å². The monoisotopic (exact) mass is 265 g/mol. The molecule has 0 aromatic rings. The predicted octanol–water partition coefficient (Wildman–Crippen LogP) is 1.79. The van der Waals surface area contributed by atoms with Crippen LogP contribution in [0.3, 0.4) is 0 Å². The van der Waals surface area contributed by atoms with E-state index >= 15 is 0 Å². The summed E-state index contributed by atoms with van der Waals surface area (Å²) in [5.41, 5.74) is 0. The van der Waals surface area contributed by atoms with Crippen LogP contribution in [0.1, 0.15) is 39.5 Å². The lowest BCUT2D eigenvalue weighted by molar-refractivity contribution is 0.0819. The molecule has 3 heteroatoms. The number of piperidine rings is 1. The lowest BCUT2D eigenvalue weighted by atomic mass is 9.91. The Morgan fingerprint density at radius 1 is 1.21 bits per heavy atom. The molecule has 19 heavy (non-hydrogen) atoms. The first-order valence-corrected chi connectivity index (χ1v) is 8.42. The Hall–Kier alpha value is -0.120. The molecular weight excluding hydrogens is 234 g/mol. The molecule has 0 saturated carbocycles. The second-order valence-corrected chi connectivity index (χ2v) is 7.35. The van der Waals surface area contributed by atoms with Gasteiger partial charge < -0.3 is 10.2 Å². The Bertz CT molecular complexity index is 286. The number of fused-ring (bicyclic) bond motifs is 2. The Balaban J connectivity index is 1.63. The molecule has 3 nitrogen and oxygen atoms in total. The summed E-state index contributed by atoms with van der Waals surface area (Å²) >= 11 is 0. The third kappa shape index (κ3) is 3.32. The molecule has 3 aliphatic rings. The number of nitrogens with one attached hydrogen (secondary N) is 1. The van der Waals surface area contributed by atoms with Crippen molar-refractivity contribution in [1.82, 2.24) is 15.1 Å². The van der Waals surface area contributed by atoms with Crippen LogP contribution in [0.15, 0.2) is 0 Å². The van der Waals surface area contributed by atoms with Gasteiger partial charge in [-0.2, -0.15) is 0 Å². The molecule has 2 bridgehead atoms. The van der Waals surface area contributed by atoms with Crippen LogP contribution in [0.4, 0.5) is 0 Å². The quantitative estimate of drug-likeness (QED) is 0.817.